The highest BCUT2D eigenvalue weighted by Crippen LogP contribution is 2.11. The Labute approximate surface area is 146 Å². The Morgan fingerprint density at radius 1 is 1.04 bits per heavy atom. The fourth-order valence-corrected chi connectivity index (χ4v) is 2.27. The Balaban J connectivity index is 1.85. The van der Waals surface area contributed by atoms with E-state index in [-0.39, 0.29) is 24.2 Å². The van der Waals surface area contributed by atoms with Gasteiger partial charge in [-0.15, -0.1) is 0 Å². The van der Waals surface area contributed by atoms with E-state index < -0.39 is 0 Å². The molecule has 0 fully saturated rings. The number of carbonyl (C=O) groups is 2. The van der Waals surface area contributed by atoms with Gasteiger partial charge in [0.25, 0.3) is 5.91 Å². The van der Waals surface area contributed by atoms with Crippen LogP contribution < -0.4 is 16.0 Å². The van der Waals surface area contributed by atoms with Gasteiger partial charge in [0.15, 0.2) is 0 Å². The molecule has 0 bridgehead atoms. The maximum atomic E-state index is 13.5. The molecule has 25 heavy (non-hydrogen) atoms. The van der Waals surface area contributed by atoms with Crippen LogP contribution in [0.5, 0.6) is 0 Å². The lowest BCUT2D eigenvalue weighted by Crippen LogP contribution is -2.23. The van der Waals surface area contributed by atoms with Gasteiger partial charge in [0.05, 0.1) is 0 Å². The molecule has 0 radical (unpaired) electrons. The predicted molar refractivity (Wildman–Crippen MR) is 95.8 cm³/mol. The van der Waals surface area contributed by atoms with Crippen LogP contribution in [0, 0.1) is 5.82 Å². The Hall–Kier alpha value is -2.73. The second-order valence-electron chi connectivity index (χ2n) is 5.61. The van der Waals surface area contributed by atoms with Crippen LogP contribution in [0.25, 0.3) is 0 Å². The Bertz CT molecular complexity index is 717. The van der Waals surface area contributed by atoms with Crippen LogP contribution in [0.2, 0.25) is 0 Å². The second kappa shape index (κ2) is 9.54. The quantitative estimate of drug-likeness (QED) is 0.646. The third-order valence-electron chi connectivity index (χ3n) is 3.66. The first-order valence-electron chi connectivity index (χ1n) is 8.16. The maximum Gasteiger partial charge on any atom is 0.251 e. The Kier molecular flexibility index (Phi) is 7.10. The number of benzene rings is 2. The maximum absolute atomic E-state index is 13.5. The first kappa shape index (κ1) is 18.6. The summed E-state index contributed by atoms with van der Waals surface area (Å²) in [6, 6.07) is 12.9. The smallest absolute Gasteiger partial charge is 0.251 e. The van der Waals surface area contributed by atoms with Crippen molar-refractivity contribution in [3.63, 3.8) is 0 Å². The zero-order valence-corrected chi connectivity index (χ0v) is 14.1. The minimum atomic E-state index is -0.348. The van der Waals surface area contributed by atoms with E-state index in [4.69, 9.17) is 0 Å². The number of rotatable bonds is 8. The lowest BCUT2D eigenvalue weighted by Gasteiger charge is -2.08. The minimum Gasteiger partial charge on any atom is -0.348 e. The van der Waals surface area contributed by atoms with E-state index in [1.807, 2.05) is 7.05 Å². The van der Waals surface area contributed by atoms with E-state index in [9.17, 15) is 14.0 Å². The molecule has 0 aliphatic heterocycles. The van der Waals surface area contributed by atoms with Crippen molar-refractivity contribution in [3.8, 4) is 0 Å². The summed E-state index contributed by atoms with van der Waals surface area (Å²) in [5.74, 6) is -0.707. The summed E-state index contributed by atoms with van der Waals surface area (Å²) >= 11 is 0. The highest BCUT2D eigenvalue weighted by molar-refractivity contribution is 5.95. The summed E-state index contributed by atoms with van der Waals surface area (Å²) in [6.07, 6.45) is 1.20. The van der Waals surface area contributed by atoms with Crippen LogP contribution in [0.3, 0.4) is 0 Å². The van der Waals surface area contributed by atoms with E-state index >= 15 is 0 Å². The van der Waals surface area contributed by atoms with Crippen molar-refractivity contribution in [3.05, 3.63) is 65.5 Å². The van der Waals surface area contributed by atoms with Crippen LogP contribution >= 0.6 is 0 Å². The van der Waals surface area contributed by atoms with Gasteiger partial charge in [0, 0.05) is 29.8 Å². The minimum absolute atomic E-state index is 0.0630. The van der Waals surface area contributed by atoms with Crippen LogP contribution in [0.4, 0.5) is 10.1 Å². The third kappa shape index (κ3) is 6.00. The SMILES string of the molecule is CNCCCC(=O)Nc1ccc(C(=O)NCc2ccccc2F)cc1. The van der Waals surface area contributed by atoms with Crippen LogP contribution in [0.15, 0.2) is 48.5 Å². The number of carbonyl (C=O) groups excluding carboxylic acids is 2. The van der Waals surface area contributed by atoms with Gasteiger partial charge in [-0.1, -0.05) is 18.2 Å². The lowest BCUT2D eigenvalue weighted by atomic mass is 10.1. The molecule has 0 heterocycles. The van der Waals surface area contributed by atoms with Crippen molar-refractivity contribution in [1.82, 2.24) is 10.6 Å². The molecule has 2 aromatic carbocycles. The Morgan fingerprint density at radius 3 is 2.44 bits per heavy atom. The van der Waals surface area contributed by atoms with Crippen molar-refractivity contribution in [2.45, 2.75) is 19.4 Å². The molecule has 0 saturated heterocycles. The molecule has 0 aliphatic rings. The zero-order chi connectivity index (χ0) is 18.1. The van der Waals surface area contributed by atoms with Crippen molar-refractivity contribution in [2.24, 2.45) is 0 Å². The summed E-state index contributed by atoms with van der Waals surface area (Å²) in [5, 5.41) is 8.45. The first-order valence-corrected chi connectivity index (χ1v) is 8.16. The van der Waals surface area contributed by atoms with Gasteiger partial charge in [-0.05, 0) is 50.3 Å². The number of halogens is 1. The van der Waals surface area contributed by atoms with Gasteiger partial charge in [0.1, 0.15) is 5.82 Å². The molecular weight excluding hydrogens is 321 g/mol. The van der Waals surface area contributed by atoms with Crippen molar-refractivity contribution < 1.29 is 14.0 Å². The molecule has 6 heteroatoms. The molecule has 3 N–H and O–H groups in total. The van der Waals surface area contributed by atoms with Gasteiger partial charge >= 0.3 is 0 Å². The molecule has 0 unspecified atom stereocenters. The molecule has 0 atom stereocenters. The largest absolute Gasteiger partial charge is 0.348 e. The monoisotopic (exact) mass is 343 g/mol. The molecule has 2 rings (SSSR count). The lowest BCUT2D eigenvalue weighted by molar-refractivity contribution is -0.116. The zero-order valence-electron chi connectivity index (χ0n) is 14.1. The topological polar surface area (TPSA) is 70.2 Å². The first-order chi connectivity index (χ1) is 12.1. The summed E-state index contributed by atoms with van der Waals surface area (Å²) in [6.45, 7) is 0.907. The number of hydrogen-bond acceptors (Lipinski definition) is 3. The fourth-order valence-electron chi connectivity index (χ4n) is 2.27. The standard InChI is InChI=1S/C19H22FN3O2/c1-21-12-4-7-18(24)23-16-10-8-14(9-11-16)19(25)22-13-15-5-2-3-6-17(15)20/h2-3,5-6,8-11,21H,4,7,12-13H2,1H3,(H,22,25)(H,23,24). The molecule has 2 aromatic rings. The Morgan fingerprint density at radius 2 is 1.76 bits per heavy atom. The molecule has 132 valence electrons. The van der Waals surface area contributed by atoms with Gasteiger partial charge in [-0.25, -0.2) is 4.39 Å². The second-order valence-corrected chi connectivity index (χ2v) is 5.61. The number of amides is 2. The average molecular weight is 343 g/mol. The van der Waals surface area contributed by atoms with E-state index in [2.05, 4.69) is 16.0 Å². The summed E-state index contributed by atoms with van der Waals surface area (Å²) in [5.41, 5.74) is 1.52. The molecule has 0 spiro atoms. The molecule has 0 saturated carbocycles. The fraction of sp³-hybridized carbons (Fsp3) is 0.263. The highest BCUT2D eigenvalue weighted by Gasteiger charge is 2.08. The van der Waals surface area contributed by atoms with Crippen LogP contribution in [-0.4, -0.2) is 25.4 Å². The highest BCUT2D eigenvalue weighted by atomic mass is 19.1. The molecule has 0 aromatic heterocycles. The number of anilines is 1. The molecular formula is C19H22FN3O2. The van der Waals surface area contributed by atoms with Gasteiger partial charge < -0.3 is 16.0 Å². The number of hydrogen-bond donors (Lipinski definition) is 3. The molecule has 0 aliphatic carbocycles. The summed E-state index contributed by atoms with van der Waals surface area (Å²) < 4.78 is 13.5. The van der Waals surface area contributed by atoms with Crippen LogP contribution in [0.1, 0.15) is 28.8 Å². The van der Waals surface area contributed by atoms with Gasteiger partial charge in [-0.3, -0.25) is 9.59 Å². The number of nitrogens with one attached hydrogen (secondary N) is 3. The van der Waals surface area contributed by atoms with E-state index in [0.717, 1.165) is 13.0 Å². The molecule has 2 amide bonds. The van der Waals surface area contributed by atoms with E-state index in [1.165, 1.54) is 6.07 Å². The summed E-state index contributed by atoms with van der Waals surface area (Å²) in [4.78, 5) is 23.9. The predicted octanol–water partition coefficient (Wildman–Crippen LogP) is 2.69. The van der Waals surface area contributed by atoms with Gasteiger partial charge in [0.2, 0.25) is 5.91 Å². The normalized spacial score (nSPS) is 10.3. The van der Waals surface area contributed by atoms with Crippen molar-refractivity contribution in [2.75, 3.05) is 18.9 Å². The van der Waals surface area contributed by atoms with Gasteiger partial charge in [-0.2, -0.15) is 0 Å². The van der Waals surface area contributed by atoms with Crippen LogP contribution in [-0.2, 0) is 11.3 Å². The van der Waals surface area contributed by atoms with E-state index in [0.29, 0.717) is 23.2 Å². The van der Waals surface area contributed by atoms with Crippen molar-refractivity contribution in [1.29, 1.82) is 0 Å². The third-order valence-corrected chi connectivity index (χ3v) is 3.66. The molecule has 5 nitrogen and oxygen atoms in total. The van der Waals surface area contributed by atoms with Crippen molar-refractivity contribution >= 4 is 17.5 Å². The average Bonchev–Trinajstić information content (AvgIpc) is 2.61. The summed E-state index contributed by atoms with van der Waals surface area (Å²) in [7, 11) is 1.84. The van der Waals surface area contributed by atoms with E-state index in [1.54, 1.807) is 42.5 Å².